The van der Waals surface area contributed by atoms with Crippen molar-refractivity contribution in [3.05, 3.63) is 41.0 Å². The molecule has 4 aromatic rings. The third-order valence-electron chi connectivity index (χ3n) is 8.52. The first-order valence-corrected chi connectivity index (χ1v) is 14.9. The van der Waals surface area contributed by atoms with Crippen molar-refractivity contribution in [1.82, 2.24) is 20.6 Å². The molecule has 2 aromatic carbocycles. The van der Waals surface area contributed by atoms with Crippen LogP contribution in [0.4, 0.5) is 38.7 Å². The van der Waals surface area contributed by atoms with Crippen molar-refractivity contribution in [1.29, 1.82) is 5.26 Å². The molecule has 2 aromatic heterocycles. The Balaban J connectivity index is 1.53. The zero-order chi connectivity index (χ0) is 30.9. The Hall–Kier alpha value is -4.29. The monoisotopic (exact) mass is 628 g/mol. The topological polar surface area (TPSA) is 123 Å². The maximum absolute atomic E-state index is 16.9. The number of anilines is 3. The maximum Gasteiger partial charge on any atom is 0.417 e. The fourth-order valence-corrected chi connectivity index (χ4v) is 7.46. The first-order valence-electron chi connectivity index (χ1n) is 14.1. The van der Waals surface area contributed by atoms with E-state index >= 15 is 4.39 Å². The van der Waals surface area contributed by atoms with E-state index in [0.717, 1.165) is 31.0 Å². The molecule has 9 nitrogen and oxygen atoms in total. The number of halogens is 5. The third-order valence-corrected chi connectivity index (χ3v) is 9.54. The van der Waals surface area contributed by atoms with Crippen LogP contribution in [0.1, 0.15) is 30.4 Å². The lowest BCUT2D eigenvalue weighted by Gasteiger charge is -2.35. The number of carbonyl (C=O) groups excluding carboxylic acids is 1. The summed E-state index contributed by atoms with van der Waals surface area (Å²) in [6, 6.07) is 4.87. The van der Waals surface area contributed by atoms with Crippen LogP contribution in [0, 0.1) is 23.0 Å². The lowest BCUT2D eigenvalue weighted by molar-refractivity contribution is -0.137. The molecule has 0 spiro atoms. The number of aromatic nitrogens is 2. The first kappa shape index (κ1) is 28.5. The molecule has 3 aliphatic rings. The zero-order valence-corrected chi connectivity index (χ0v) is 23.9. The summed E-state index contributed by atoms with van der Waals surface area (Å²) in [7, 11) is 0. The van der Waals surface area contributed by atoms with Gasteiger partial charge < -0.3 is 26.2 Å². The summed E-state index contributed by atoms with van der Waals surface area (Å²) in [5.41, 5.74) is 2.89. The van der Waals surface area contributed by atoms with E-state index in [0.29, 0.717) is 31.0 Å². The van der Waals surface area contributed by atoms with Gasteiger partial charge in [-0.3, -0.25) is 4.79 Å². The average Bonchev–Trinajstić information content (AvgIpc) is 3.42. The van der Waals surface area contributed by atoms with Crippen LogP contribution in [0.3, 0.4) is 0 Å². The number of amides is 1. The largest absolute Gasteiger partial charge is 0.417 e. The number of hydrogen-bond acceptors (Lipinski definition) is 9. The summed E-state index contributed by atoms with van der Waals surface area (Å²) in [5.74, 6) is -1.98. The van der Waals surface area contributed by atoms with Gasteiger partial charge in [-0.15, -0.1) is 11.3 Å². The van der Waals surface area contributed by atoms with Gasteiger partial charge in [0.15, 0.2) is 5.82 Å². The highest BCUT2D eigenvalue weighted by molar-refractivity contribution is 7.23. The minimum absolute atomic E-state index is 0.0845. The van der Waals surface area contributed by atoms with Crippen molar-refractivity contribution in [2.75, 3.05) is 48.3 Å². The number of nitriles is 1. The van der Waals surface area contributed by atoms with Crippen LogP contribution in [-0.2, 0) is 11.0 Å². The highest BCUT2D eigenvalue weighted by Gasteiger charge is 2.40. The van der Waals surface area contributed by atoms with E-state index in [-0.39, 0.29) is 86.4 Å². The normalized spacial score (nSPS) is 20.7. The van der Waals surface area contributed by atoms with Crippen molar-refractivity contribution >= 4 is 55.0 Å². The molecule has 3 fully saturated rings. The molecule has 5 heterocycles. The minimum Gasteiger partial charge on any atom is -0.389 e. The van der Waals surface area contributed by atoms with E-state index in [1.807, 2.05) is 11.0 Å². The predicted molar refractivity (Wildman–Crippen MR) is 156 cm³/mol. The summed E-state index contributed by atoms with van der Waals surface area (Å²) in [6.45, 7) is 1.77. The summed E-state index contributed by atoms with van der Waals surface area (Å²) in [4.78, 5) is 24.8. The number of alkyl halides is 3. The Bertz CT molecular complexity index is 1870. The first-order chi connectivity index (χ1) is 21.0. The molecule has 2 unspecified atom stereocenters. The molecule has 15 heteroatoms. The molecule has 2 atom stereocenters. The Morgan fingerprint density at radius 2 is 1.84 bits per heavy atom. The highest BCUT2D eigenvalue weighted by Crippen LogP contribution is 2.48. The number of nitrogens with zero attached hydrogens (tertiary/aromatic N) is 5. The Kier molecular flexibility index (Phi) is 6.74. The Labute approximate surface area is 251 Å². The van der Waals surface area contributed by atoms with E-state index in [4.69, 9.17) is 10.7 Å². The van der Waals surface area contributed by atoms with Gasteiger partial charge in [-0.1, -0.05) is 6.07 Å². The lowest BCUT2D eigenvalue weighted by Crippen LogP contribution is -2.51. The Morgan fingerprint density at radius 1 is 1.09 bits per heavy atom. The summed E-state index contributed by atoms with van der Waals surface area (Å²) in [5, 5.41) is 15.6. The van der Waals surface area contributed by atoms with Crippen LogP contribution < -0.4 is 26.2 Å². The van der Waals surface area contributed by atoms with Crippen LogP contribution in [0.15, 0.2) is 18.2 Å². The standard InChI is InChI=1S/C29H25F5N8OS/c30-19-4-3-15(21-17(10-35)26(36)44-25(19)21)22-18(29(32,33)34)9-16-24(23(22)31)39-28(41-7-5-20(43)37-6-8-41)40-27(16)42-11-13-1-2-14(12-42)38-13/h3-4,9,13-14,38H,1-2,5-8,11-12,36H2,(H,37,43). The number of rotatable bonds is 3. The molecule has 228 valence electrons. The Morgan fingerprint density at radius 3 is 2.55 bits per heavy atom. The van der Waals surface area contributed by atoms with Gasteiger partial charge in [-0.25, -0.2) is 13.8 Å². The summed E-state index contributed by atoms with van der Waals surface area (Å²) >= 11 is 0.711. The van der Waals surface area contributed by atoms with Gasteiger partial charge in [0.25, 0.3) is 0 Å². The van der Waals surface area contributed by atoms with E-state index in [2.05, 4.69) is 15.6 Å². The van der Waals surface area contributed by atoms with Crippen LogP contribution >= 0.6 is 11.3 Å². The van der Waals surface area contributed by atoms with Crippen LogP contribution in [0.2, 0.25) is 0 Å². The highest BCUT2D eigenvalue weighted by atomic mass is 32.1. The molecule has 0 radical (unpaired) electrons. The summed E-state index contributed by atoms with van der Waals surface area (Å²) < 4.78 is 76.1. The van der Waals surface area contributed by atoms with Gasteiger partial charge in [0.1, 0.15) is 28.2 Å². The molecular formula is C29H25F5N8OS. The fraction of sp³-hybridized carbons (Fsp3) is 0.379. The fourth-order valence-electron chi connectivity index (χ4n) is 6.51. The van der Waals surface area contributed by atoms with Gasteiger partial charge in [0.2, 0.25) is 11.9 Å². The number of nitrogens with two attached hydrogens (primary N) is 1. The van der Waals surface area contributed by atoms with Crippen molar-refractivity contribution in [3.8, 4) is 17.2 Å². The van der Waals surface area contributed by atoms with Gasteiger partial charge >= 0.3 is 6.18 Å². The minimum atomic E-state index is -5.03. The number of thiophene rings is 1. The molecule has 0 aliphatic carbocycles. The summed E-state index contributed by atoms with van der Waals surface area (Å²) in [6.07, 6.45) is -3.10. The van der Waals surface area contributed by atoms with Crippen LogP contribution in [-0.4, -0.2) is 60.7 Å². The number of hydrogen-bond donors (Lipinski definition) is 3. The lowest BCUT2D eigenvalue weighted by atomic mass is 9.92. The number of nitrogen functional groups attached to an aromatic ring is 1. The molecule has 44 heavy (non-hydrogen) atoms. The van der Waals surface area contributed by atoms with Crippen LogP contribution in [0.25, 0.3) is 32.1 Å². The van der Waals surface area contributed by atoms with Gasteiger partial charge in [0, 0.05) is 67.6 Å². The molecule has 3 saturated heterocycles. The quantitative estimate of drug-likeness (QED) is 0.283. The number of benzene rings is 2. The second kappa shape index (κ2) is 10.4. The van der Waals surface area contributed by atoms with E-state index in [1.54, 1.807) is 4.90 Å². The van der Waals surface area contributed by atoms with Crippen molar-refractivity contribution < 1.29 is 26.7 Å². The SMILES string of the molecule is N#Cc1c(N)sc2c(F)ccc(-c3c(C(F)(F)F)cc4c(N5CC6CCC(C5)N6)nc(N5CCNC(=O)CC5)nc4c3F)c12. The number of carbonyl (C=O) groups is 1. The van der Waals surface area contributed by atoms with Gasteiger partial charge in [-0.05, 0) is 30.5 Å². The van der Waals surface area contributed by atoms with Crippen molar-refractivity contribution in [3.63, 3.8) is 0 Å². The van der Waals surface area contributed by atoms with Gasteiger partial charge in [-0.2, -0.15) is 23.4 Å². The molecule has 3 aliphatic heterocycles. The van der Waals surface area contributed by atoms with E-state index < -0.39 is 28.9 Å². The second-order valence-electron chi connectivity index (χ2n) is 11.2. The van der Waals surface area contributed by atoms with Crippen molar-refractivity contribution in [2.45, 2.75) is 37.5 Å². The zero-order valence-electron chi connectivity index (χ0n) is 23.1. The number of piperazine rings is 1. The van der Waals surface area contributed by atoms with E-state index in [9.17, 15) is 27.6 Å². The van der Waals surface area contributed by atoms with Gasteiger partial charge in [0.05, 0.1) is 15.8 Å². The molecule has 7 rings (SSSR count). The molecule has 2 bridgehead atoms. The number of fused-ring (bicyclic) bond motifs is 4. The predicted octanol–water partition coefficient (Wildman–Crippen LogP) is 4.53. The second-order valence-corrected chi connectivity index (χ2v) is 12.3. The smallest absolute Gasteiger partial charge is 0.389 e. The molecule has 0 saturated carbocycles. The molecule has 4 N–H and O–H groups in total. The van der Waals surface area contributed by atoms with Crippen LogP contribution in [0.5, 0.6) is 0 Å². The maximum atomic E-state index is 16.9. The third kappa shape index (κ3) is 4.63. The molecule has 1 amide bonds. The van der Waals surface area contributed by atoms with Crippen molar-refractivity contribution in [2.24, 2.45) is 0 Å². The molecular weight excluding hydrogens is 603 g/mol. The average molecular weight is 629 g/mol. The number of nitrogens with one attached hydrogen (secondary N) is 2. The van der Waals surface area contributed by atoms with E-state index in [1.165, 1.54) is 0 Å².